The van der Waals surface area contributed by atoms with Crippen molar-refractivity contribution in [3.8, 4) is 0 Å². The maximum absolute atomic E-state index is 10.6. The van der Waals surface area contributed by atoms with Crippen molar-refractivity contribution in [1.82, 2.24) is 9.61 Å². The second kappa shape index (κ2) is 2.20. The van der Waals surface area contributed by atoms with E-state index in [0.29, 0.717) is 17.0 Å². The Hall–Kier alpha value is -1.58. The van der Waals surface area contributed by atoms with E-state index in [9.17, 15) is 4.79 Å². The number of hydrogen-bond acceptors (Lipinski definition) is 3. The van der Waals surface area contributed by atoms with Crippen LogP contribution in [0.2, 0.25) is 0 Å². The zero-order valence-electron chi connectivity index (χ0n) is 6.87. The first-order valence-corrected chi connectivity index (χ1v) is 3.62. The Morgan fingerprint density at radius 1 is 1.58 bits per heavy atom. The van der Waals surface area contributed by atoms with E-state index in [1.54, 1.807) is 17.7 Å². The van der Waals surface area contributed by atoms with Crippen molar-refractivity contribution in [3.05, 3.63) is 23.2 Å². The number of oxazole rings is 1. The normalized spacial score (nSPS) is 10.8. The van der Waals surface area contributed by atoms with E-state index < -0.39 is 0 Å². The largest absolute Gasteiger partial charge is 0.444 e. The summed E-state index contributed by atoms with van der Waals surface area (Å²) in [6, 6.07) is 0. The minimum absolute atomic E-state index is 0.528. The van der Waals surface area contributed by atoms with Crippen molar-refractivity contribution in [2.75, 3.05) is 0 Å². The Morgan fingerprint density at radius 2 is 2.33 bits per heavy atom. The number of aromatic nitrogens is 2. The zero-order chi connectivity index (χ0) is 8.72. The molecule has 0 saturated carbocycles. The van der Waals surface area contributed by atoms with Gasteiger partial charge in [0.2, 0.25) is 5.71 Å². The summed E-state index contributed by atoms with van der Waals surface area (Å²) in [7, 11) is 0. The van der Waals surface area contributed by atoms with Crippen LogP contribution in [0.4, 0.5) is 0 Å². The van der Waals surface area contributed by atoms with Crippen LogP contribution in [0.5, 0.6) is 0 Å². The minimum atomic E-state index is 0.528. The highest BCUT2D eigenvalue weighted by Gasteiger charge is 2.12. The highest BCUT2D eigenvalue weighted by atomic mass is 16.3. The number of aryl methyl sites for hydroxylation is 2. The van der Waals surface area contributed by atoms with E-state index in [1.807, 2.05) is 6.92 Å². The second-order valence-electron chi connectivity index (χ2n) is 2.71. The van der Waals surface area contributed by atoms with E-state index in [2.05, 4.69) is 5.10 Å². The van der Waals surface area contributed by atoms with Gasteiger partial charge in [0.05, 0.1) is 17.0 Å². The number of carbonyl (C=O) groups is 1. The van der Waals surface area contributed by atoms with Crippen LogP contribution in [0, 0.1) is 13.8 Å². The molecule has 0 N–H and O–H groups in total. The standard InChI is InChI=1S/C8H8N2O2/c1-5-4-12-8-7(3-11)6(2)9-10(5)8/h3-4H,1-2H3. The molecule has 4 heteroatoms. The summed E-state index contributed by atoms with van der Waals surface area (Å²) in [5, 5.41) is 4.14. The molecule has 12 heavy (non-hydrogen) atoms. The highest BCUT2D eigenvalue weighted by Crippen LogP contribution is 2.15. The van der Waals surface area contributed by atoms with E-state index >= 15 is 0 Å². The minimum Gasteiger partial charge on any atom is -0.444 e. The number of nitrogens with zero attached hydrogens (tertiary/aromatic N) is 2. The fourth-order valence-electron chi connectivity index (χ4n) is 1.20. The van der Waals surface area contributed by atoms with Crippen LogP contribution >= 0.6 is 0 Å². The summed E-state index contributed by atoms with van der Waals surface area (Å²) in [5.41, 5.74) is 2.65. The molecule has 2 heterocycles. The van der Waals surface area contributed by atoms with Crippen LogP contribution in [-0.2, 0) is 0 Å². The van der Waals surface area contributed by atoms with Crippen LogP contribution in [0.15, 0.2) is 10.7 Å². The van der Waals surface area contributed by atoms with Crippen LogP contribution < -0.4 is 0 Å². The molecule has 0 unspecified atom stereocenters. The van der Waals surface area contributed by atoms with Gasteiger partial charge in [-0.3, -0.25) is 4.79 Å². The number of rotatable bonds is 1. The molecule has 0 aromatic carbocycles. The lowest BCUT2D eigenvalue weighted by Crippen LogP contribution is -1.85. The third-order valence-electron chi connectivity index (χ3n) is 1.86. The third kappa shape index (κ3) is 0.717. The van der Waals surface area contributed by atoms with Gasteiger partial charge in [-0.05, 0) is 13.8 Å². The van der Waals surface area contributed by atoms with Gasteiger partial charge in [0, 0.05) is 0 Å². The molecule has 0 saturated heterocycles. The summed E-state index contributed by atoms with van der Waals surface area (Å²) in [6.45, 7) is 3.66. The second-order valence-corrected chi connectivity index (χ2v) is 2.71. The van der Waals surface area contributed by atoms with E-state index in [1.165, 1.54) is 0 Å². The Kier molecular flexibility index (Phi) is 1.30. The third-order valence-corrected chi connectivity index (χ3v) is 1.86. The first-order valence-electron chi connectivity index (χ1n) is 3.62. The van der Waals surface area contributed by atoms with Gasteiger partial charge in [-0.1, -0.05) is 0 Å². The maximum Gasteiger partial charge on any atom is 0.232 e. The molecule has 0 bridgehead atoms. The number of fused-ring (bicyclic) bond motifs is 1. The average molecular weight is 164 g/mol. The summed E-state index contributed by atoms with van der Waals surface area (Å²) in [4.78, 5) is 10.6. The van der Waals surface area contributed by atoms with E-state index in [-0.39, 0.29) is 0 Å². The van der Waals surface area contributed by atoms with Crippen molar-refractivity contribution < 1.29 is 9.21 Å². The van der Waals surface area contributed by atoms with Crippen molar-refractivity contribution in [3.63, 3.8) is 0 Å². The van der Waals surface area contributed by atoms with Crippen molar-refractivity contribution in [1.29, 1.82) is 0 Å². The van der Waals surface area contributed by atoms with Crippen molar-refractivity contribution in [2.24, 2.45) is 0 Å². The summed E-state index contributed by atoms with van der Waals surface area (Å²) < 4.78 is 6.78. The monoisotopic (exact) mass is 164 g/mol. The van der Waals surface area contributed by atoms with Gasteiger partial charge in [-0.15, -0.1) is 0 Å². The average Bonchev–Trinajstić information content (AvgIpc) is 2.52. The molecule has 0 aliphatic rings. The van der Waals surface area contributed by atoms with Crippen LogP contribution in [0.3, 0.4) is 0 Å². The number of hydrogen-bond donors (Lipinski definition) is 0. The van der Waals surface area contributed by atoms with Gasteiger partial charge in [-0.2, -0.15) is 5.10 Å². The topological polar surface area (TPSA) is 47.5 Å². The molecule has 0 radical (unpaired) electrons. The molecule has 0 fully saturated rings. The lowest BCUT2D eigenvalue weighted by Gasteiger charge is -1.81. The number of aldehydes is 1. The van der Waals surface area contributed by atoms with Gasteiger partial charge >= 0.3 is 0 Å². The molecule has 0 spiro atoms. The predicted octanol–water partition coefficient (Wildman–Crippen LogP) is 1.36. The summed E-state index contributed by atoms with van der Waals surface area (Å²) in [6.07, 6.45) is 2.34. The molecule has 62 valence electrons. The Morgan fingerprint density at radius 3 is 3.00 bits per heavy atom. The predicted molar refractivity (Wildman–Crippen MR) is 42.3 cm³/mol. The van der Waals surface area contributed by atoms with Gasteiger partial charge in [0.1, 0.15) is 6.26 Å². The Balaban J connectivity index is 2.90. The molecule has 0 atom stereocenters. The molecule has 0 aliphatic heterocycles. The molecular formula is C8H8N2O2. The van der Waals surface area contributed by atoms with Crippen molar-refractivity contribution >= 4 is 12.0 Å². The fourth-order valence-corrected chi connectivity index (χ4v) is 1.20. The summed E-state index contributed by atoms with van der Waals surface area (Å²) >= 11 is 0. The SMILES string of the molecule is Cc1nn2c(C)coc2c1C=O. The molecule has 2 aromatic heterocycles. The Bertz CT molecular complexity index is 439. The molecule has 4 nitrogen and oxygen atoms in total. The van der Waals surface area contributed by atoms with Gasteiger partial charge in [-0.25, -0.2) is 4.52 Å². The van der Waals surface area contributed by atoms with E-state index in [4.69, 9.17) is 4.42 Å². The van der Waals surface area contributed by atoms with Crippen LogP contribution in [0.25, 0.3) is 5.71 Å². The quantitative estimate of drug-likeness (QED) is 0.598. The first-order chi connectivity index (χ1) is 5.74. The van der Waals surface area contributed by atoms with Gasteiger partial charge < -0.3 is 4.42 Å². The molecule has 0 aliphatic carbocycles. The molecule has 2 aromatic rings. The smallest absolute Gasteiger partial charge is 0.232 e. The van der Waals surface area contributed by atoms with Crippen LogP contribution in [0.1, 0.15) is 21.7 Å². The Labute approximate surface area is 68.8 Å². The molecular weight excluding hydrogens is 156 g/mol. The van der Waals surface area contributed by atoms with Crippen molar-refractivity contribution in [2.45, 2.75) is 13.8 Å². The molecule has 2 rings (SSSR count). The van der Waals surface area contributed by atoms with Gasteiger partial charge in [0.25, 0.3) is 0 Å². The number of carbonyl (C=O) groups excluding carboxylic acids is 1. The van der Waals surface area contributed by atoms with Gasteiger partial charge in [0.15, 0.2) is 6.29 Å². The lowest BCUT2D eigenvalue weighted by atomic mass is 10.3. The first kappa shape index (κ1) is 7.09. The maximum atomic E-state index is 10.6. The van der Waals surface area contributed by atoms with E-state index in [0.717, 1.165) is 12.0 Å². The van der Waals surface area contributed by atoms with Crippen LogP contribution in [-0.4, -0.2) is 15.9 Å². The summed E-state index contributed by atoms with van der Waals surface area (Å²) in [5.74, 6) is 0. The highest BCUT2D eigenvalue weighted by molar-refractivity contribution is 5.84. The zero-order valence-corrected chi connectivity index (χ0v) is 6.87. The fraction of sp³-hybridized carbons (Fsp3) is 0.250. The molecule has 0 amide bonds. The lowest BCUT2D eigenvalue weighted by molar-refractivity contribution is 0.112.